The Bertz CT molecular complexity index is 541. The Hall–Kier alpha value is -1.45. The van der Waals surface area contributed by atoms with Gasteiger partial charge >= 0.3 is 0 Å². The number of nitrogen functional groups attached to an aromatic ring is 1. The van der Waals surface area contributed by atoms with E-state index in [1.165, 1.54) is 12.1 Å². The Morgan fingerprint density at radius 2 is 1.59 bits per heavy atom. The lowest BCUT2D eigenvalue weighted by Crippen LogP contribution is -1.96. The minimum atomic E-state index is -0.294. The van der Waals surface area contributed by atoms with Crippen molar-refractivity contribution in [2.45, 2.75) is 0 Å². The first-order valence-corrected chi connectivity index (χ1v) is 5.59. The quantitative estimate of drug-likeness (QED) is 0.791. The van der Waals surface area contributed by atoms with Crippen molar-refractivity contribution in [2.75, 3.05) is 11.1 Å². The van der Waals surface area contributed by atoms with Gasteiger partial charge in [-0.05, 0) is 36.4 Å². The first-order valence-electron chi connectivity index (χ1n) is 4.83. The summed E-state index contributed by atoms with van der Waals surface area (Å²) in [5, 5.41) is 3.84. The Morgan fingerprint density at radius 1 is 1.00 bits per heavy atom. The Morgan fingerprint density at radius 3 is 2.24 bits per heavy atom. The highest BCUT2D eigenvalue weighted by Gasteiger charge is 2.05. The van der Waals surface area contributed by atoms with Crippen LogP contribution in [0.3, 0.4) is 0 Å². The van der Waals surface area contributed by atoms with Gasteiger partial charge in [-0.25, -0.2) is 4.39 Å². The van der Waals surface area contributed by atoms with Gasteiger partial charge in [0, 0.05) is 5.69 Å². The highest BCUT2D eigenvalue weighted by atomic mass is 35.5. The number of hydrogen-bond acceptors (Lipinski definition) is 2. The molecule has 0 aliphatic rings. The van der Waals surface area contributed by atoms with Crippen LogP contribution in [0.25, 0.3) is 0 Å². The molecule has 2 aromatic rings. The van der Waals surface area contributed by atoms with Gasteiger partial charge in [0.2, 0.25) is 0 Å². The first kappa shape index (κ1) is 12.0. The molecule has 2 nitrogen and oxygen atoms in total. The molecule has 5 heteroatoms. The molecule has 0 heterocycles. The Kier molecular flexibility index (Phi) is 3.41. The third kappa shape index (κ3) is 2.81. The van der Waals surface area contributed by atoms with Crippen LogP contribution in [0.4, 0.5) is 21.5 Å². The normalized spacial score (nSPS) is 10.3. The van der Waals surface area contributed by atoms with Gasteiger partial charge in [-0.3, -0.25) is 0 Å². The topological polar surface area (TPSA) is 38.0 Å². The van der Waals surface area contributed by atoms with Crippen molar-refractivity contribution in [1.82, 2.24) is 0 Å². The number of nitrogens with two attached hydrogens (primary N) is 1. The molecule has 3 N–H and O–H groups in total. The van der Waals surface area contributed by atoms with Crippen LogP contribution in [0, 0.1) is 5.82 Å². The molecule has 88 valence electrons. The average Bonchev–Trinajstić information content (AvgIpc) is 2.29. The molecule has 2 rings (SSSR count). The van der Waals surface area contributed by atoms with Crippen molar-refractivity contribution >= 4 is 40.3 Å². The van der Waals surface area contributed by atoms with Crippen molar-refractivity contribution in [3.05, 3.63) is 52.3 Å². The molecule has 0 amide bonds. The smallest absolute Gasteiger partial charge is 0.123 e. The molecule has 0 bridgehead atoms. The number of halogens is 3. The predicted octanol–water partition coefficient (Wildman–Crippen LogP) is 4.46. The molecule has 0 unspecified atom stereocenters. The molecule has 17 heavy (non-hydrogen) atoms. The van der Waals surface area contributed by atoms with Gasteiger partial charge < -0.3 is 11.1 Å². The average molecular weight is 271 g/mol. The van der Waals surface area contributed by atoms with Gasteiger partial charge in [0.15, 0.2) is 0 Å². The fourth-order valence-electron chi connectivity index (χ4n) is 1.36. The molecule has 0 atom stereocenters. The second kappa shape index (κ2) is 4.82. The maximum atomic E-state index is 12.7. The van der Waals surface area contributed by atoms with E-state index in [4.69, 9.17) is 28.9 Å². The largest absolute Gasteiger partial charge is 0.397 e. The minimum Gasteiger partial charge on any atom is -0.397 e. The van der Waals surface area contributed by atoms with Crippen LogP contribution in [0.2, 0.25) is 10.0 Å². The lowest BCUT2D eigenvalue weighted by atomic mass is 10.2. The minimum absolute atomic E-state index is 0.294. The highest BCUT2D eigenvalue weighted by molar-refractivity contribution is 6.42. The third-order valence-electron chi connectivity index (χ3n) is 2.22. The second-order valence-corrected chi connectivity index (χ2v) is 4.30. The van der Waals surface area contributed by atoms with Gasteiger partial charge in [-0.1, -0.05) is 23.2 Å². The Labute approximate surface area is 108 Å². The van der Waals surface area contributed by atoms with Gasteiger partial charge in [0.05, 0.1) is 21.4 Å². The summed E-state index contributed by atoms with van der Waals surface area (Å²) in [4.78, 5) is 0. The molecule has 2 aromatic carbocycles. The molecular formula is C12H9Cl2FN2. The number of anilines is 3. The van der Waals surface area contributed by atoms with E-state index >= 15 is 0 Å². The summed E-state index contributed by atoms with van der Waals surface area (Å²) in [5.41, 5.74) is 7.61. The number of hydrogen-bond donors (Lipinski definition) is 2. The van der Waals surface area contributed by atoms with Gasteiger partial charge in [-0.15, -0.1) is 0 Å². The van der Waals surface area contributed by atoms with Crippen molar-refractivity contribution in [3.63, 3.8) is 0 Å². The summed E-state index contributed by atoms with van der Waals surface area (Å²) in [6, 6.07) is 9.12. The molecule has 0 fully saturated rings. The van der Waals surface area contributed by atoms with E-state index in [1.807, 2.05) is 0 Å². The SMILES string of the molecule is Nc1cc(Cl)c(Cl)cc1Nc1ccc(F)cc1. The zero-order valence-electron chi connectivity index (χ0n) is 8.68. The van der Waals surface area contributed by atoms with Crippen LogP contribution in [0.5, 0.6) is 0 Å². The van der Waals surface area contributed by atoms with E-state index in [9.17, 15) is 4.39 Å². The summed E-state index contributed by atoms with van der Waals surface area (Å²) >= 11 is 11.7. The molecule has 0 radical (unpaired) electrons. The van der Waals surface area contributed by atoms with Crippen molar-refractivity contribution in [1.29, 1.82) is 0 Å². The molecule has 0 saturated carbocycles. The lowest BCUT2D eigenvalue weighted by molar-refractivity contribution is 0.628. The van der Waals surface area contributed by atoms with Crippen LogP contribution in [-0.2, 0) is 0 Å². The third-order valence-corrected chi connectivity index (χ3v) is 2.94. The van der Waals surface area contributed by atoms with Gasteiger partial charge in [0.25, 0.3) is 0 Å². The van der Waals surface area contributed by atoms with Crippen LogP contribution in [0.1, 0.15) is 0 Å². The summed E-state index contributed by atoms with van der Waals surface area (Å²) in [6.45, 7) is 0. The molecule has 0 aliphatic heterocycles. The highest BCUT2D eigenvalue weighted by Crippen LogP contribution is 2.32. The second-order valence-electron chi connectivity index (χ2n) is 3.49. The summed E-state index contributed by atoms with van der Waals surface area (Å²) in [6.07, 6.45) is 0. The summed E-state index contributed by atoms with van der Waals surface area (Å²) < 4.78 is 12.7. The van der Waals surface area contributed by atoms with E-state index in [0.717, 1.165) is 5.69 Å². The van der Waals surface area contributed by atoms with E-state index < -0.39 is 0 Å². The maximum absolute atomic E-state index is 12.7. The maximum Gasteiger partial charge on any atom is 0.123 e. The summed E-state index contributed by atoms with van der Waals surface area (Å²) in [5.74, 6) is -0.294. The zero-order chi connectivity index (χ0) is 12.4. The Balaban J connectivity index is 2.30. The van der Waals surface area contributed by atoms with Gasteiger partial charge in [-0.2, -0.15) is 0 Å². The van der Waals surface area contributed by atoms with Crippen molar-refractivity contribution in [3.8, 4) is 0 Å². The predicted molar refractivity (Wildman–Crippen MR) is 70.6 cm³/mol. The van der Waals surface area contributed by atoms with Crippen molar-refractivity contribution in [2.24, 2.45) is 0 Å². The van der Waals surface area contributed by atoms with Crippen molar-refractivity contribution < 1.29 is 4.39 Å². The number of nitrogens with one attached hydrogen (secondary N) is 1. The monoisotopic (exact) mass is 270 g/mol. The van der Waals surface area contributed by atoms with E-state index in [0.29, 0.717) is 21.4 Å². The molecule has 0 aliphatic carbocycles. The zero-order valence-corrected chi connectivity index (χ0v) is 10.2. The van der Waals surface area contributed by atoms with E-state index in [2.05, 4.69) is 5.32 Å². The van der Waals surface area contributed by atoms with Crippen LogP contribution in [-0.4, -0.2) is 0 Å². The van der Waals surface area contributed by atoms with Crippen LogP contribution in [0.15, 0.2) is 36.4 Å². The standard InChI is InChI=1S/C12H9Cl2FN2/c13-9-5-11(16)12(6-10(9)14)17-8-3-1-7(15)2-4-8/h1-6,17H,16H2. The number of benzene rings is 2. The summed E-state index contributed by atoms with van der Waals surface area (Å²) in [7, 11) is 0. The molecule has 0 spiro atoms. The molecular weight excluding hydrogens is 262 g/mol. The fourth-order valence-corrected chi connectivity index (χ4v) is 1.69. The van der Waals surface area contributed by atoms with Crippen LogP contribution >= 0.6 is 23.2 Å². The lowest BCUT2D eigenvalue weighted by Gasteiger charge is -2.10. The number of rotatable bonds is 2. The molecule has 0 saturated heterocycles. The fraction of sp³-hybridized carbons (Fsp3) is 0. The first-order chi connectivity index (χ1) is 8.06. The van der Waals surface area contributed by atoms with Crippen LogP contribution < -0.4 is 11.1 Å². The van der Waals surface area contributed by atoms with E-state index in [-0.39, 0.29) is 5.82 Å². The molecule has 0 aromatic heterocycles. The van der Waals surface area contributed by atoms with E-state index in [1.54, 1.807) is 24.3 Å². The van der Waals surface area contributed by atoms with Gasteiger partial charge in [0.1, 0.15) is 5.82 Å².